The van der Waals surface area contributed by atoms with Crippen LogP contribution >= 0.6 is 0 Å². The molecule has 1 atom stereocenters. The molecular formula is C17H27NO2S. The molecule has 0 aliphatic heterocycles. The van der Waals surface area contributed by atoms with Crippen molar-refractivity contribution in [2.45, 2.75) is 56.3 Å². The average molecular weight is 309 g/mol. The van der Waals surface area contributed by atoms with E-state index in [1.54, 1.807) is 6.07 Å². The van der Waals surface area contributed by atoms with Gasteiger partial charge >= 0.3 is 0 Å². The van der Waals surface area contributed by atoms with Crippen LogP contribution in [0.25, 0.3) is 0 Å². The molecule has 0 heterocycles. The Morgan fingerprint density at radius 1 is 1.24 bits per heavy atom. The third-order valence-electron chi connectivity index (χ3n) is 4.57. The SMILES string of the molecule is CC(CCN)c1cccc(S(=O)(=O)CC2CCCCC2)c1. The Labute approximate surface area is 128 Å². The maximum atomic E-state index is 12.6. The molecule has 0 amide bonds. The van der Waals surface area contributed by atoms with Gasteiger partial charge < -0.3 is 5.73 Å². The molecule has 1 aromatic rings. The molecular weight excluding hydrogens is 282 g/mol. The van der Waals surface area contributed by atoms with E-state index in [9.17, 15) is 8.42 Å². The van der Waals surface area contributed by atoms with E-state index in [0.29, 0.717) is 29.0 Å². The van der Waals surface area contributed by atoms with Gasteiger partial charge in [0.1, 0.15) is 0 Å². The minimum atomic E-state index is -3.16. The van der Waals surface area contributed by atoms with E-state index in [2.05, 4.69) is 6.92 Å². The molecule has 3 nitrogen and oxygen atoms in total. The number of sulfone groups is 1. The Morgan fingerprint density at radius 3 is 2.62 bits per heavy atom. The minimum absolute atomic E-state index is 0.305. The van der Waals surface area contributed by atoms with Crippen LogP contribution in [0.1, 0.15) is 56.9 Å². The normalized spacial score (nSPS) is 18.6. The summed E-state index contributed by atoms with van der Waals surface area (Å²) in [5.41, 5.74) is 6.67. The smallest absolute Gasteiger partial charge is 0.178 e. The van der Waals surface area contributed by atoms with Crippen molar-refractivity contribution in [1.82, 2.24) is 0 Å². The maximum Gasteiger partial charge on any atom is 0.178 e. The molecule has 4 heteroatoms. The molecule has 1 unspecified atom stereocenters. The van der Waals surface area contributed by atoms with E-state index in [0.717, 1.165) is 24.8 Å². The van der Waals surface area contributed by atoms with Crippen LogP contribution in [0.5, 0.6) is 0 Å². The minimum Gasteiger partial charge on any atom is -0.330 e. The van der Waals surface area contributed by atoms with E-state index >= 15 is 0 Å². The van der Waals surface area contributed by atoms with Crippen molar-refractivity contribution in [2.75, 3.05) is 12.3 Å². The van der Waals surface area contributed by atoms with Crippen LogP contribution in [0.2, 0.25) is 0 Å². The summed E-state index contributed by atoms with van der Waals surface area (Å²) in [4.78, 5) is 0.481. The highest BCUT2D eigenvalue weighted by molar-refractivity contribution is 7.91. The summed E-state index contributed by atoms with van der Waals surface area (Å²) in [7, 11) is -3.16. The standard InChI is InChI=1S/C17H27NO2S/c1-14(10-11-18)16-8-5-9-17(12-16)21(19,20)13-15-6-3-2-4-7-15/h5,8-9,12,14-15H,2-4,6-7,10-11,13,18H2,1H3. The van der Waals surface area contributed by atoms with E-state index in [1.165, 1.54) is 19.3 Å². The number of rotatable bonds is 6. The largest absolute Gasteiger partial charge is 0.330 e. The molecule has 1 aromatic carbocycles. The first kappa shape index (κ1) is 16.5. The molecule has 0 spiro atoms. The van der Waals surface area contributed by atoms with Gasteiger partial charge in [0.15, 0.2) is 9.84 Å². The number of nitrogens with two attached hydrogens (primary N) is 1. The van der Waals surface area contributed by atoms with Crippen LogP contribution in [-0.2, 0) is 9.84 Å². The summed E-state index contributed by atoms with van der Waals surface area (Å²) in [6.07, 6.45) is 6.60. The lowest BCUT2D eigenvalue weighted by atomic mass is 9.91. The summed E-state index contributed by atoms with van der Waals surface area (Å²) >= 11 is 0. The monoisotopic (exact) mass is 309 g/mol. The first-order valence-electron chi connectivity index (χ1n) is 8.05. The van der Waals surface area contributed by atoms with Crippen molar-refractivity contribution in [3.05, 3.63) is 29.8 Å². The fourth-order valence-electron chi connectivity index (χ4n) is 3.19. The molecule has 2 N–H and O–H groups in total. The predicted octanol–water partition coefficient (Wildman–Crippen LogP) is 3.49. The van der Waals surface area contributed by atoms with Gasteiger partial charge in [-0.25, -0.2) is 8.42 Å². The van der Waals surface area contributed by atoms with Crippen LogP contribution in [-0.4, -0.2) is 20.7 Å². The quantitative estimate of drug-likeness (QED) is 0.875. The third kappa shape index (κ3) is 4.55. The van der Waals surface area contributed by atoms with Crippen LogP contribution in [0.15, 0.2) is 29.2 Å². The van der Waals surface area contributed by atoms with E-state index in [-0.39, 0.29) is 0 Å². The molecule has 118 valence electrons. The highest BCUT2D eigenvalue weighted by atomic mass is 32.2. The topological polar surface area (TPSA) is 60.2 Å². The van der Waals surface area contributed by atoms with Gasteiger partial charge in [-0.15, -0.1) is 0 Å². The van der Waals surface area contributed by atoms with Crippen LogP contribution in [0, 0.1) is 5.92 Å². The summed E-state index contributed by atoms with van der Waals surface area (Å²) in [5, 5.41) is 0. The predicted molar refractivity (Wildman–Crippen MR) is 87.2 cm³/mol. The maximum absolute atomic E-state index is 12.6. The first-order chi connectivity index (χ1) is 10.0. The molecule has 1 aliphatic rings. The lowest BCUT2D eigenvalue weighted by Crippen LogP contribution is -2.19. The summed E-state index contributed by atoms with van der Waals surface area (Å²) in [5.74, 6) is 0.954. The summed E-state index contributed by atoms with van der Waals surface area (Å²) < 4.78 is 25.2. The second-order valence-electron chi connectivity index (χ2n) is 6.34. The summed E-state index contributed by atoms with van der Waals surface area (Å²) in [6.45, 7) is 2.72. The molecule has 0 aromatic heterocycles. The lowest BCUT2D eigenvalue weighted by Gasteiger charge is -2.21. The molecule has 1 fully saturated rings. The number of hydrogen-bond donors (Lipinski definition) is 1. The molecule has 21 heavy (non-hydrogen) atoms. The average Bonchev–Trinajstić information content (AvgIpc) is 2.48. The molecule has 0 bridgehead atoms. The van der Waals surface area contributed by atoms with Gasteiger partial charge in [-0.1, -0.05) is 38.3 Å². The first-order valence-corrected chi connectivity index (χ1v) is 9.71. The Hall–Kier alpha value is -0.870. The Kier molecular flexibility index (Phi) is 5.82. The summed E-state index contributed by atoms with van der Waals surface area (Å²) in [6, 6.07) is 7.44. The zero-order valence-electron chi connectivity index (χ0n) is 12.9. The second kappa shape index (κ2) is 7.41. The van der Waals surface area contributed by atoms with Gasteiger partial charge in [-0.3, -0.25) is 0 Å². The number of hydrogen-bond acceptors (Lipinski definition) is 3. The molecule has 0 saturated heterocycles. The van der Waals surface area contributed by atoms with Crippen molar-refractivity contribution in [3.8, 4) is 0 Å². The van der Waals surface area contributed by atoms with Gasteiger partial charge in [0.2, 0.25) is 0 Å². The van der Waals surface area contributed by atoms with Gasteiger partial charge in [0.25, 0.3) is 0 Å². The zero-order chi connectivity index (χ0) is 15.3. The van der Waals surface area contributed by atoms with Crippen LogP contribution in [0.3, 0.4) is 0 Å². The Morgan fingerprint density at radius 2 is 1.95 bits per heavy atom. The van der Waals surface area contributed by atoms with Gasteiger partial charge in [-0.2, -0.15) is 0 Å². The fourth-order valence-corrected chi connectivity index (χ4v) is 4.94. The fraction of sp³-hybridized carbons (Fsp3) is 0.647. The molecule has 0 radical (unpaired) electrons. The number of benzene rings is 1. The van der Waals surface area contributed by atoms with E-state index in [4.69, 9.17) is 5.73 Å². The molecule has 2 rings (SSSR count). The second-order valence-corrected chi connectivity index (χ2v) is 8.37. The zero-order valence-corrected chi connectivity index (χ0v) is 13.7. The third-order valence-corrected chi connectivity index (χ3v) is 6.45. The highest BCUT2D eigenvalue weighted by Gasteiger charge is 2.23. The van der Waals surface area contributed by atoms with Crippen molar-refractivity contribution < 1.29 is 8.42 Å². The van der Waals surface area contributed by atoms with Crippen molar-refractivity contribution in [3.63, 3.8) is 0 Å². The van der Waals surface area contributed by atoms with Gasteiger partial charge in [0.05, 0.1) is 10.6 Å². The lowest BCUT2D eigenvalue weighted by molar-refractivity contribution is 0.385. The van der Waals surface area contributed by atoms with Crippen molar-refractivity contribution >= 4 is 9.84 Å². The Bertz CT molecular complexity index is 548. The van der Waals surface area contributed by atoms with Crippen molar-refractivity contribution in [2.24, 2.45) is 11.7 Å². The van der Waals surface area contributed by atoms with E-state index in [1.807, 2.05) is 18.2 Å². The van der Waals surface area contributed by atoms with Gasteiger partial charge in [0, 0.05) is 0 Å². The highest BCUT2D eigenvalue weighted by Crippen LogP contribution is 2.28. The van der Waals surface area contributed by atoms with Crippen molar-refractivity contribution in [1.29, 1.82) is 0 Å². The Balaban J connectivity index is 2.13. The molecule has 1 saturated carbocycles. The van der Waals surface area contributed by atoms with Crippen LogP contribution < -0.4 is 5.73 Å². The molecule has 1 aliphatic carbocycles. The van der Waals surface area contributed by atoms with Crippen LogP contribution in [0.4, 0.5) is 0 Å². The van der Waals surface area contributed by atoms with E-state index < -0.39 is 9.84 Å². The van der Waals surface area contributed by atoms with Gasteiger partial charge in [-0.05, 0) is 55.3 Å².